The quantitative estimate of drug-likeness (QED) is 0.647. The third-order valence-electron chi connectivity index (χ3n) is 5.05. The summed E-state index contributed by atoms with van der Waals surface area (Å²) in [6.45, 7) is 3.39. The van der Waals surface area contributed by atoms with Gasteiger partial charge >= 0.3 is 0 Å². The lowest BCUT2D eigenvalue weighted by atomic mass is 9.94. The van der Waals surface area contributed by atoms with Gasteiger partial charge in [-0.15, -0.1) is 17.5 Å². The van der Waals surface area contributed by atoms with Crippen LogP contribution in [-0.4, -0.2) is 34.0 Å². The van der Waals surface area contributed by atoms with Crippen LogP contribution in [0.1, 0.15) is 40.3 Å². The van der Waals surface area contributed by atoms with E-state index < -0.39 is 0 Å². The molecule has 0 spiro atoms. The fourth-order valence-electron chi connectivity index (χ4n) is 3.66. The van der Waals surface area contributed by atoms with Crippen molar-refractivity contribution in [1.82, 2.24) is 25.6 Å². The molecule has 152 valence electrons. The molecular weight excluding hydrogens is 409 g/mol. The summed E-state index contributed by atoms with van der Waals surface area (Å²) in [7, 11) is 0. The highest BCUT2D eigenvalue weighted by atomic mass is 35.5. The van der Waals surface area contributed by atoms with Crippen molar-refractivity contribution in [2.45, 2.75) is 25.8 Å². The zero-order valence-corrected chi connectivity index (χ0v) is 17.6. The molecule has 29 heavy (non-hydrogen) atoms. The fraction of sp³-hybridized carbons (Fsp3) is 0.286. The van der Waals surface area contributed by atoms with E-state index in [1.54, 1.807) is 16.8 Å². The predicted molar refractivity (Wildman–Crippen MR) is 116 cm³/mol. The molecule has 8 heteroatoms. The number of halogens is 2. The molecule has 0 bridgehead atoms. The number of rotatable bonds is 5. The highest BCUT2D eigenvalue weighted by molar-refractivity contribution is 6.30. The number of aromatic nitrogens is 3. The molecular formula is C21H23Cl2N5O. The molecule has 0 saturated carbocycles. The van der Waals surface area contributed by atoms with Gasteiger partial charge in [0.15, 0.2) is 5.69 Å². The Bertz CT molecular complexity index is 1000. The van der Waals surface area contributed by atoms with Crippen molar-refractivity contribution < 1.29 is 4.79 Å². The first-order chi connectivity index (χ1) is 13.7. The van der Waals surface area contributed by atoms with E-state index in [0.717, 1.165) is 24.3 Å². The molecule has 1 unspecified atom stereocenters. The van der Waals surface area contributed by atoms with E-state index in [9.17, 15) is 4.79 Å². The molecule has 1 atom stereocenters. The first-order valence-electron chi connectivity index (χ1n) is 9.47. The Kier molecular flexibility index (Phi) is 6.90. The van der Waals surface area contributed by atoms with Gasteiger partial charge < -0.3 is 10.6 Å². The van der Waals surface area contributed by atoms with E-state index in [1.165, 1.54) is 11.1 Å². The van der Waals surface area contributed by atoms with Crippen LogP contribution >= 0.6 is 24.0 Å². The molecule has 0 fully saturated rings. The van der Waals surface area contributed by atoms with Crippen molar-refractivity contribution in [3.05, 3.63) is 76.1 Å². The number of benzene rings is 2. The lowest BCUT2D eigenvalue weighted by Crippen LogP contribution is -2.39. The molecule has 1 aliphatic heterocycles. The van der Waals surface area contributed by atoms with E-state index in [2.05, 4.69) is 39.1 Å². The standard InChI is InChI=1S/C21H22ClN5O.ClH/c1-2-19-20(25-26-27(19)16-8-5-7-15(22)12-16)21(28)24-13-18-17-9-4-3-6-14(17)10-11-23-18;/h3-9,12,18,23H,2,10-11,13H2,1H3,(H,24,28);1H. The summed E-state index contributed by atoms with van der Waals surface area (Å²) in [5, 5.41) is 15.4. The molecule has 0 aliphatic carbocycles. The Morgan fingerprint density at radius 3 is 2.90 bits per heavy atom. The number of fused-ring (bicyclic) bond motifs is 1. The van der Waals surface area contributed by atoms with Gasteiger partial charge in [0.05, 0.1) is 11.4 Å². The zero-order chi connectivity index (χ0) is 19.5. The normalized spacial score (nSPS) is 15.3. The molecule has 2 aromatic carbocycles. The van der Waals surface area contributed by atoms with Crippen LogP contribution in [0, 0.1) is 0 Å². The maximum atomic E-state index is 12.8. The van der Waals surface area contributed by atoms with Gasteiger partial charge in [0.1, 0.15) is 0 Å². The molecule has 0 saturated heterocycles. The van der Waals surface area contributed by atoms with Crippen molar-refractivity contribution >= 4 is 29.9 Å². The molecule has 3 aromatic rings. The fourth-order valence-corrected chi connectivity index (χ4v) is 3.85. The minimum Gasteiger partial charge on any atom is -0.349 e. The van der Waals surface area contributed by atoms with E-state index in [4.69, 9.17) is 11.6 Å². The zero-order valence-electron chi connectivity index (χ0n) is 16.1. The van der Waals surface area contributed by atoms with Crippen molar-refractivity contribution in [1.29, 1.82) is 0 Å². The summed E-state index contributed by atoms with van der Waals surface area (Å²) < 4.78 is 1.68. The SMILES string of the molecule is CCc1c(C(=O)NCC2NCCc3ccccc32)nnn1-c1cccc(Cl)c1.Cl. The van der Waals surface area contributed by atoms with Crippen molar-refractivity contribution in [2.75, 3.05) is 13.1 Å². The lowest BCUT2D eigenvalue weighted by molar-refractivity contribution is 0.0943. The Morgan fingerprint density at radius 2 is 2.10 bits per heavy atom. The van der Waals surface area contributed by atoms with E-state index in [-0.39, 0.29) is 24.4 Å². The van der Waals surface area contributed by atoms with Gasteiger partial charge in [-0.3, -0.25) is 4.79 Å². The second kappa shape index (κ2) is 9.39. The van der Waals surface area contributed by atoms with Crippen LogP contribution in [-0.2, 0) is 12.8 Å². The van der Waals surface area contributed by atoms with Crippen molar-refractivity contribution in [3.63, 3.8) is 0 Å². The highest BCUT2D eigenvalue weighted by Gasteiger charge is 2.23. The average Bonchev–Trinajstić information content (AvgIpc) is 3.16. The highest BCUT2D eigenvalue weighted by Crippen LogP contribution is 2.22. The first-order valence-corrected chi connectivity index (χ1v) is 9.85. The van der Waals surface area contributed by atoms with Gasteiger partial charge in [-0.25, -0.2) is 4.68 Å². The summed E-state index contributed by atoms with van der Waals surface area (Å²) in [5.74, 6) is -0.213. The largest absolute Gasteiger partial charge is 0.349 e. The van der Waals surface area contributed by atoms with Gasteiger partial charge in [0, 0.05) is 17.6 Å². The topological polar surface area (TPSA) is 71.8 Å². The third kappa shape index (κ3) is 4.45. The van der Waals surface area contributed by atoms with Crippen LogP contribution in [0.3, 0.4) is 0 Å². The Morgan fingerprint density at radius 1 is 1.28 bits per heavy atom. The number of hydrogen-bond donors (Lipinski definition) is 2. The van der Waals surface area contributed by atoms with Crippen LogP contribution in [0.2, 0.25) is 5.02 Å². The van der Waals surface area contributed by atoms with Crippen LogP contribution in [0.25, 0.3) is 5.69 Å². The lowest BCUT2D eigenvalue weighted by Gasteiger charge is -2.27. The molecule has 2 heterocycles. The number of carbonyl (C=O) groups is 1. The maximum absolute atomic E-state index is 12.8. The average molecular weight is 432 g/mol. The number of hydrogen-bond acceptors (Lipinski definition) is 4. The van der Waals surface area contributed by atoms with Gasteiger partial charge in [0.25, 0.3) is 5.91 Å². The van der Waals surface area contributed by atoms with Crippen LogP contribution in [0.15, 0.2) is 48.5 Å². The second-order valence-corrected chi connectivity index (χ2v) is 7.23. The van der Waals surface area contributed by atoms with E-state index in [1.807, 2.05) is 25.1 Å². The molecule has 1 aliphatic rings. The molecule has 2 N–H and O–H groups in total. The number of carbonyl (C=O) groups excluding carboxylic acids is 1. The number of nitrogens with zero attached hydrogens (tertiary/aromatic N) is 3. The monoisotopic (exact) mass is 431 g/mol. The van der Waals surface area contributed by atoms with Crippen molar-refractivity contribution in [3.8, 4) is 5.69 Å². The number of nitrogens with one attached hydrogen (secondary N) is 2. The summed E-state index contributed by atoms with van der Waals surface area (Å²) in [4.78, 5) is 12.8. The Hall–Kier alpha value is -2.41. The summed E-state index contributed by atoms with van der Waals surface area (Å²) in [6.07, 6.45) is 1.64. The summed E-state index contributed by atoms with van der Waals surface area (Å²) in [5.41, 5.74) is 4.48. The smallest absolute Gasteiger partial charge is 0.273 e. The van der Waals surface area contributed by atoms with Crippen LogP contribution in [0.4, 0.5) is 0 Å². The van der Waals surface area contributed by atoms with E-state index in [0.29, 0.717) is 23.7 Å². The van der Waals surface area contributed by atoms with Crippen LogP contribution < -0.4 is 10.6 Å². The molecule has 1 amide bonds. The first kappa shape index (κ1) is 21.3. The minimum absolute atomic E-state index is 0. The summed E-state index contributed by atoms with van der Waals surface area (Å²) >= 11 is 6.09. The molecule has 6 nitrogen and oxygen atoms in total. The van der Waals surface area contributed by atoms with Gasteiger partial charge in [-0.2, -0.15) is 0 Å². The molecule has 0 radical (unpaired) electrons. The maximum Gasteiger partial charge on any atom is 0.273 e. The second-order valence-electron chi connectivity index (χ2n) is 6.80. The minimum atomic E-state index is -0.213. The summed E-state index contributed by atoms with van der Waals surface area (Å²) in [6, 6.07) is 15.8. The van der Waals surface area contributed by atoms with Crippen LogP contribution in [0.5, 0.6) is 0 Å². The predicted octanol–water partition coefficient (Wildman–Crippen LogP) is 3.52. The Balaban J connectivity index is 0.00000240. The van der Waals surface area contributed by atoms with E-state index >= 15 is 0 Å². The third-order valence-corrected chi connectivity index (χ3v) is 5.28. The van der Waals surface area contributed by atoms with Gasteiger partial charge in [-0.1, -0.05) is 54.1 Å². The number of amides is 1. The Labute approximate surface area is 181 Å². The molecule has 4 rings (SSSR count). The van der Waals surface area contributed by atoms with Gasteiger partial charge in [-0.05, 0) is 48.7 Å². The van der Waals surface area contributed by atoms with Crippen molar-refractivity contribution in [2.24, 2.45) is 0 Å². The van der Waals surface area contributed by atoms with Gasteiger partial charge in [0.2, 0.25) is 0 Å². The molecule has 1 aromatic heterocycles.